The van der Waals surface area contributed by atoms with E-state index in [0.717, 1.165) is 18.7 Å². The van der Waals surface area contributed by atoms with E-state index in [1.165, 1.54) is 5.56 Å². The van der Waals surface area contributed by atoms with Gasteiger partial charge in [-0.3, -0.25) is 0 Å². The zero-order valence-electron chi connectivity index (χ0n) is 11.5. The maximum absolute atomic E-state index is 9.56. The van der Waals surface area contributed by atoms with Gasteiger partial charge in [-0.25, -0.2) is 9.67 Å². The Kier molecular flexibility index (Phi) is 4.68. The molecule has 0 radical (unpaired) electrons. The highest BCUT2D eigenvalue weighted by atomic mass is 16.3. The van der Waals surface area contributed by atoms with Gasteiger partial charge in [0.15, 0.2) is 0 Å². The number of nitrogens with zero attached hydrogens (tertiary/aromatic N) is 3. The van der Waals surface area contributed by atoms with Crippen LogP contribution in [-0.4, -0.2) is 26.5 Å². The number of hydrogen-bond donors (Lipinski definition) is 1. The first-order chi connectivity index (χ1) is 9.20. The second-order valence-electron chi connectivity index (χ2n) is 5.16. The van der Waals surface area contributed by atoms with Crippen molar-refractivity contribution in [2.45, 2.75) is 32.7 Å². The van der Waals surface area contributed by atoms with Crippen molar-refractivity contribution in [2.24, 2.45) is 5.92 Å². The van der Waals surface area contributed by atoms with Gasteiger partial charge in [-0.1, -0.05) is 30.3 Å². The van der Waals surface area contributed by atoms with Crippen LogP contribution in [0.25, 0.3) is 0 Å². The highest BCUT2D eigenvalue weighted by molar-refractivity contribution is 5.15. The average Bonchev–Trinajstić information content (AvgIpc) is 2.87. The minimum atomic E-state index is 0.167. The Morgan fingerprint density at radius 3 is 2.53 bits per heavy atom. The van der Waals surface area contributed by atoms with Gasteiger partial charge in [0, 0.05) is 19.1 Å². The first-order valence-electron chi connectivity index (χ1n) is 6.74. The van der Waals surface area contributed by atoms with Crippen LogP contribution in [-0.2, 0) is 12.8 Å². The Morgan fingerprint density at radius 2 is 1.89 bits per heavy atom. The van der Waals surface area contributed by atoms with E-state index in [0.29, 0.717) is 6.04 Å². The normalized spacial score (nSPS) is 12.8. The molecule has 0 spiro atoms. The Balaban J connectivity index is 2.05. The minimum absolute atomic E-state index is 0.167. The molecule has 1 N–H and O–H groups in total. The summed E-state index contributed by atoms with van der Waals surface area (Å²) in [6, 6.07) is 10.5. The van der Waals surface area contributed by atoms with Gasteiger partial charge >= 0.3 is 0 Å². The molecule has 1 atom stereocenters. The van der Waals surface area contributed by atoms with Crippen molar-refractivity contribution in [1.82, 2.24) is 14.8 Å². The molecular formula is C15H21N3O. The predicted molar refractivity (Wildman–Crippen MR) is 74.8 cm³/mol. The molecule has 4 heteroatoms. The van der Waals surface area contributed by atoms with Crippen molar-refractivity contribution in [3.8, 4) is 0 Å². The topological polar surface area (TPSA) is 50.9 Å². The molecule has 19 heavy (non-hydrogen) atoms. The lowest BCUT2D eigenvalue weighted by Crippen LogP contribution is -2.17. The fourth-order valence-corrected chi connectivity index (χ4v) is 2.26. The number of aromatic nitrogens is 3. The van der Waals surface area contributed by atoms with Crippen LogP contribution >= 0.6 is 0 Å². The van der Waals surface area contributed by atoms with Crippen LogP contribution in [0.5, 0.6) is 0 Å². The zero-order chi connectivity index (χ0) is 13.7. The van der Waals surface area contributed by atoms with Crippen molar-refractivity contribution < 1.29 is 5.11 Å². The molecular weight excluding hydrogens is 238 g/mol. The quantitative estimate of drug-likeness (QED) is 0.865. The fraction of sp³-hybridized carbons (Fsp3) is 0.467. The van der Waals surface area contributed by atoms with Crippen LogP contribution < -0.4 is 0 Å². The van der Waals surface area contributed by atoms with Crippen LogP contribution in [0.3, 0.4) is 0 Å². The van der Waals surface area contributed by atoms with Gasteiger partial charge in [0.05, 0.1) is 0 Å². The summed E-state index contributed by atoms with van der Waals surface area (Å²) >= 11 is 0. The molecule has 0 aliphatic rings. The summed E-state index contributed by atoms with van der Waals surface area (Å²) in [5.74, 6) is 1.13. The van der Waals surface area contributed by atoms with Crippen LogP contribution in [0.1, 0.15) is 31.3 Å². The second kappa shape index (κ2) is 6.48. The minimum Gasteiger partial charge on any atom is -0.396 e. The van der Waals surface area contributed by atoms with Crippen LogP contribution in [0.15, 0.2) is 36.7 Å². The summed E-state index contributed by atoms with van der Waals surface area (Å²) in [4.78, 5) is 4.31. The average molecular weight is 259 g/mol. The summed E-state index contributed by atoms with van der Waals surface area (Å²) in [6.07, 6.45) is 3.21. The molecule has 1 aromatic carbocycles. The third-order valence-electron chi connectivity index (χ3n) is 3.23. The summed E-state index contributed by atoms with van der Waals surface area (Å²) in [7, 11) is 0. The molecule has 102 valence electrons. The Hall–Kier alpha value is -1.68. The van der Waals surface area contributed by atoms with Crippen molar-refractivity contribution in [3.05, 3.63) is 48.0 Å². The third-order valence-corrected chi connectivity index (χ3v) is 3.23. The Labute approximate surface area is 114 Å². The molecule has 0 aliphatic heterocycles. The molecule has 1 heterocycles. The molecule has 0 bridgehead atoms. The van der Waals surface area contributed by atoms with E-state index in [4.69, 9.17) is 0 Å². The van der Waals surface area contributed by atoms with E-state index < -0.39 is 0 Å². The molecule has 4 nitrogen and oxygen atoms in total. The highest BCUT2D eigenvalue weighted by Crippen LogP contribution is 2.15. The summed E-state index contributed by atoms with van der Waals surface area (Å²) in [5, 5.41) is 13.8. The molecule has 0 fully saturated rings. The van der Waals surface area contributed by atoms with Crippen molar-refractivity contribution in [3.63, 3.8) is 0 Å². The van der Waals surface area contributed by atoms with E-state index >= 15 is 0 Å². The van der Waals surface area contributed by atoms with Crippen LogP contribution in [0.2, 0.25) is 0 Å². The number of aliphatic hydroxyl groups excluding tert-OH is 1. The zero-order valence-corrected chi connectivity index (χ0v) is 11.5. The molecule has 1 aromatic heterocycles. The molecule has 0 amide bonds. The van der Waals surface area contributed by atoms with Crippen LogP contribution in [0, 0.1) is 5.92 Å². The van der Waals surface area contributed by atoms with E-state index in [1.807, 2.05) is 22.9 Å². The first-order valence-corrected chi connectivity index (χ1v) is 6.74. The van der Waals surface area contributed by atoms with Gasteiger partial charge in [0.25, 0.3) is 0 Å². The van der Waals surface area contributed by atoms with Gasteiger partial charge < -0.3 is 5.11 Å². The lowest BCUT2D eigenvalue weighted by Gasteiger charge is -2.15. The molecule has 1 unspecified atom stereocenters. The van der Waals surface area contributed by atoms with Gasteiger partial charge in [-0.15, -0.1) is 0 Å². The maximum Gasteiger partial charge on any atom is 0.138 e. The number of aliphatic hydroxyl groups is 1. The summed E-state index contributed by atoms with van der Waals surface area (Å²) in [6.45, 7) is 4.34. The molecule has 0 aliphatic carbocycles. The molecule has 2 aromatic rings. The van der Waals surface area contributed by atoms with E-state index in [2.05, 4.69) is 36.1 Å². The molecule has 2 rings (SSSR count). The van der Waals surface area contributed by atoms with Crippen LogP contribution in [0.4, 0.5) is 0 Å². The fourth-order valence-electron chi connectivity index (χ4n) is 2.26. The highest BCUT2D eigenvalue weighted by Gasteiger charge is 2.15. The van der Waals surface area contributed by atoms with E-state index in [-0.39, 0.29) is 12.5 Å². The largest absolute Gasteiger partial charge is 0.396 e. The van der Waals surface area contributed by atoms with Crippen molar-refractivity contribution in [2.75, 3.05) is 6.61 Å². The number of hydrogen-bond acceptors (Lipinski definition) is 3. The SMILES string of the molecule is CC(C)n1ncnc1CC(CO)Cc1ccccc1. The van der Waals surface area contributed by atoms with Gasteiger partial charge in [-0.2, -0.15) is 5.10 Å². The first kappa shape index (κ1) is 13.7. The van der Waals surface area contributed by atoms with Crippen molar-refractivity contribution in [1.29, 1.82) is 0 Å². The standard InChI is InChI=1S/C15H21N3O/c1-12(2)18-15(16-11-17-18)9-14(10-19)8-13-6-4-3-5-7-13/h3-7,11-12,14,19H,8-10H2,1-2H3. The smallest absolute Gasteiger partial charge is 0.138 e. The maximum atomic E-state index is 9.56. The van der Waals surface area contributed by atoms with Crippen molar-refractivity contribution >= 4 is 0 Å². The van der Waals surface area contributed by atoms with E-state index in [1.54, 1.807) is 6.33 Å². The monoisotopic (exact) mass is 259 g/mol. The molecule has 0 saturated carbocycles. The van der Waals surface area contributed by atoms with E-state index in [9.17, 15) is 5.11 Å². The van der Waals surface area contributed by atoms with Gasteiger partial charge in [0.1, 0.15) is 12.2 Å². The Bertz CT molecular complexity index is 493. The lowest BCUT2D eigenvalue weighted by molar-refractivity contribution is 0.221. The number of rotatable bonds is 6. The van der Waals surface area contributed by atoms with Gasteiger partial charge in [-0.05, 0) is 31.7 Å². The number of benzene rings is 1. The summed E-state index contributed by atoms with van der Waals surface area (Å²) in [5.41, 5.74) is 1.25. The predicted octanol–water partition coefficient (Wildman–Crippen LogP) is 2.25. The third kappa shape index (κ3) is 3.64. The molecule has 0 saturated heterocycles. The lowest BCUT2D eigenvalue weighted by atomic mass is 9.96. The summed E-state index contributed by atoms with van der Waals surface area (Å²) < 4.78 is 1.92. The Morgan fingerprint density at radius 1 is 1.16 bits per heavy atom. The second-order valence-corrected chi connectivity index (χ2v) is 5.16. The van der Waals surface area contributed by atoms with Gasteiger partial charge in [0.2, 0.25) is 0 Å².